The van der Waals surface area contributed by atoms with Crippen molar-refractivity contribution >= 4 is 50.2 Å². The summed E-state index contributed by atoms with van der Waals surface area (Å²) in [5.41, 5.74) is 1.29. The molecule has 182 valence electrons. The van der Waals surface area contributed by atoms with Crippen LogP contribution in [-0.4, -0.2) is 59.4 Å². The van der Waals surface area contributed by atoms with E-state index in [2.05, 4.69) is 21.2 Å². The van der Waals surface area contributed by atoms with E-state index >= 15 is 0 Å². The maximum Gasteiger partial charge on any atom is 0.303 e. The molecule has 0 saturated carbocycles. The summed E-state index contributed by atoms with van der Waals surface area (Å²) in [4.78, 5) is 29.2. The van der Waals surface area contributed by atoms with E-state index in [4.69, 9.17) is 11.5 Å². The largest absolute Gasteiger partial charge is 0.481 e. The number of nitrogens with zero attached hydrogens (tertiary/aromatic N) is 1. The summed E-state index contributed by atoms with van der Waals surface area (Å²) in [5, 5.41) is 13.4. The summed E-state index contributed by atoms with van der Waals surface area (Å²) in [5.74, 6) is 1.56. The first-order valence-corrected chi connectivity index (χ1v) is 12.3. The van der Waals surface area contributed by atoms with Crippen LogP contribution < -0.4 is 10.9 Å². The Balaban J connectivity index is 0.00000324. The molecular weight excluding hydrogens is 480 g/mol. The van der Waals surface area contributed by atoms with Crippen molar-refractivity contribution in [1.82, 2.24) is 19.6 Å². The number of carbonyl (C=O) groups is 1. The first-order chi connectivity index (χ1) is 15.8. The van der Waals surface area contributed by atoms with Gasteiger partial charge in [-0.3, -0.25) is 9.59 Å². The van der Waals surface area contributed by atoms with Gasteiger partial charge in [0.25, 0.3) is 5.56 Å². The lowest BCUT2D eigenvalue weighted by molar-refractivity contribution is -0.137. The summed E-state index contributed by atoms with van der Waals surface area (Å²) < 4.78 is 28.3. The SMILES string of the molecule is C#CCN(C[C@@H]1CCCN1)S(=O)(=O)c1ccc2[nH]c(=O)c3[nH]cc(CCCC(=O)O)c3c2c1.Cl. The predicted molar refractivity (Wildman–Crippen MR) is 133 cm³/mol. The number of aryl methyl sites for hydroxylation is 1. The second-order valence-electron chi connectivity index (χ2n) is 8.27. The van der Waals surface area contributed by atoms with E-state index in [9.17, 15) is 18.0 Å². The second-order valence-corrected chi connectivity index (χ2v) is 10.2. The zero-order valence-corrected chi connectivity index (χ0v) is 20.1. The third kappa shape index (κ3) is 5.13. The molecule has 1 aliphatic heterocycles. The van der Waals surface area contributed by atoms with Crippen LogP contribution in [0, 0.1) is 12.3 Å². The Bertz CT molecular complexity index is 1400. The van der Waals surface area contributed by atoms with Crippen LogP contribution in [0.2, 0.25) is 0 Å². The van der Waals surface area contributed by atoms with Crippen molar-refractivity contribution in [2.24, 2.45) is 0 Å². The molecule has 0 bridgehead atoms. The van der Waals surface area contributed by atoms with Crippen LogP contribution in [0.25, 0.3) is 21.8 Å². The molecule has 1 saturated heterocycles. The Morgan fingerprint density at radius 2 is 2.12 bits per heavy atom. The standard InChI is InChI=1S/C23H26N4O5S.ClH/c1-2-11-27(14-16-6-4-10-24-16)33(31,32)17-8-9-19-18(12-17)21-15(5-3-7-20(28)29)13-25-22(21)23(30)26-19;/h1,8-9,12-13,16,24-25H,3-7,10-11,14H2,(H,26,30)(H,28,29);1H/t16-;/m0./s1. The molecule has 1 aromatic carbocycles. The number of H-pyrrole nitrogens is 2. The Kier molecular flexibility index (Phi) is 8.05. The summed E-state index contributed by atoms with van der Waals surface area (Å²) in [6.07, 6.45) is 9.88. The van der Waals surface area contributed by atoms with E-state index in [-0.39, 0.29) is 48.4 Å². The number of carboxylic acids is 1. The van der Waals surface area contributed by atoms with Gasteiger partial charge in [-0.25, -0.2) is 8.42 Å². The van der Waals surface area contributed by atoms with Crippen LogP contribution in [0.3, 0.4) is 0 Å². The summed E-state index contributed by atoms with van der Waals surface area (Å²) in [7, 11) is -3.87. The lowest BCUT2D eigenvalue weighted by Crippen LogP contribution is -2.41. The first-order valence-electron chi connectivity index (χ1n) is 10.9. The maximum atomic E-state index is 13.5. The number of aromatic amines is 2. The fourth-order valence-electron chi connectivity index (χ4n) is 4.42. The molecule has 34 heavy (non-hydrogen) atoms. The summed E-state index contributed by atoms with van der Waals surface area (Å²) >= 11 is 0. The minimum Gasteiger partial charge on any atom is -0.481 e. The van der Waals surface area contributed by atoms with Gasteiger partial charge in [0.1, 0.15) is 5.52 Å². The van der Waals surface area contributed by atoms with Crippen LogP contribution >= 0.6 is 12.4 Å². The molecular formula is C23H27ClN4O5S. The van der Waals surface area contributed by atoms with Crippen LogP contribution in [0.5, 0.6) is 0 Å². The van der Waals surface area contributed by atoms with Gasteiger partial charge in [-0.1, -0.05) is 5.92 Å². The van der Waals surface area contributed by atoms with E-state index in [0.717, 1.165) is 24.9 Å². The number of benzene rings is 1. The number of sulfonamides is 1. The highest BCUT2D eigenvalue weighted by molar-refractivity contribution is 7.89. The molecule has 1 fully saturated rings. The Morgan fingerprint density at radius 3 is 2.79 bits per heavy atom. The van der Waals surface area contributed by atoms with Crippen LogP contribution in [0.4, 0.5) is 0 Å². The normalized spacial score (nSPS) is 16.1. The quantitative estimate of drug-likeness (QED) is 0.329. The average Bonchev–Trinajstić information content (AvgIpc) is 3.43. The Hall–Kier alpha value is -2.84. The van der Waals surface area contributed by atoms with Crippen molar-refractivity contribution in [3.8, 4) is 12.3 Å². The van der Waals surface area contributed by atoms with Gasteiger partial charge in [0.05, 0.1) is 11.4 Å². The molecule has 11 heteroatoms. The van der Waals surface area contributed by atoms with Crippen molar-refractivity contribution in [1.29, 1.82) is 0 Å². The van der Waals surface area contributed by atoms with E-state index in [1.54, 1.807) is 18.3 Å². The highest BCUT2D eigenvalue weighted by Gasteiger charge is 2.28. The van der Waals surface area contributed by atoms with Crippen molar-refractivity contribution in [2.75, 3.05) is 19.6 Å². The minimum atomic E-state index is -3.87. The maximum absolute atomic E-state index is 13.5. The third-order valence-corrected chi connectivity index (χ3v) is 7.83. The lowest BCUT2D eigenvalue weighted by Gasteiger charge is -2.23. The number of nitrogens with one attached hydrogen (secondary N) is 3. The van der Waals surface area contributed by atoms with E-state index in [1.165, 1.54) is 10.4 Å². The molecule has 3 heterocycles. The van der Waals surface area contributed by atoms with Gasteiger partial charge >= 0.3 is 5.97 Å². The number of fused-ring (bicyclic) bond motifs is 3. The fourth-order valence-corrected chi connectivity index (χ4v) is 5.85. The molecule has 0 radical (unpaired) electrons. The number of aromatic nitrogens is 2. The number of terminal acetylenes is 1. The topological polar surface area (TPSA) is 135 Å². The van der Waals surface area contributed by atoms with Crippen LogP contribution in [0.1, 0.15) is 31.2 Å². The molecule has 2 aromatic heterocycles. The Morgan fingerprint density at radius 1 is 1.32 bits per heavy atom. The van der Waals surface area contributed by atoms with E-state index in [1.807, 2.05) is 0 Å². The second kappa shape index (κ2) is 10.6. The molecule has 4 N–H and O–H groups in total. The zero-order valence-electron chi connectivity index (χ0n) is 18.5. The number of rotatable bonds is 9. The third-order valence-electron chi connectivity index (χ3n) is 6.03. The molecule has 1 atom stereocenters. The van der Waals surface area contributed by atoms with Gasteiger partial charge in [-0.15, -0.1) is 18.8 Å². The number of hydrogen-bond donors (Lipinski definition) is 4. The number of hydrogen-bond acceptors (Lipinski definition) is 5. The molecule has 0 amide bonds. The van der Waals surface area contributed by atoms with Gasteiger partial charge in [0.15, 0.2) is 0 Å². The highest BCUT2D eigenvalue weighted by atomic mass is 35.5. The van der Waals surface area contributed by atoms with Crippen molar-refractivity contribution in [3.05, 3.63) is 40.3 Å². The van der Waals surface area contributed by atoms with Crippen LogP contribution in [0.15, 0.2) is 34.1 Å². The van der Waals surface area contributed by atoms with Crippen molar-refractivity contribution in [2.45, 2.75) is 43.0 Å². The first kappa shape index (κ1) is 25.8. The number of halogens is 1. The highest BCUT2D eigenvalue weighted by Crippen LogP contribution is 2.29. The number of pyridine rings is 1. The summed E-state index contributed by atoms with van der Waals surface area (Å²) in [6, 6.07) is 4.67. The minimum absolute atomic E-state index is 0. The van der Waals surface area contributed by atoms with Crippen molar-refractivity contribution in [3.63, 3.8) is 0 Å². The zero-order chi connectivity index (χ0) is 23.6. The predicted octanol–water partition coefficient (Wildman–Crippen LogP) is 2.21. The van der Waals surface area contributed by atoms with Crippen LogP contribution in [-0.2, 0) is 21.2 Å². The molecule has 0 aliphatic carbocycles. The van der Waals surface area contributed by atoms with Gasteiger partial charge in [0, 0.05) is 41.5 Å². The van der Waals surface area contributed by atoms with Gasteiger partial charge < -0.3 is 20.4 Å². The fraction of sp³-hybridized carbons (Fsp3) is 0.391. The molecule has 4 rings (SSSR count). The molecule has 9 nitrogen and oxygen atoms in total. The van der Waals surface area contributed by atoms with Gasteiger partial charge in [-0.05, 0) is 56.0 Å². The molecule has 3 aromatic rings. The number of aliphatic carboxylic acids is 1. The average molecular weight is 507 g/mol. The smallest absolute Gasteiger partial charge is 0.303 e. The lowest BCUT2D eigenvalue weighted by atomic mass is 10.0. The summed E-state index contributed by atoms with van der Waals surface area (Å²) in [6.45, 7) is 1.11. The van der Waals surface area contributed by atoms with Crippen molar-refractivity contribution < 1.29 is 18.3 Å². The molecule has 1 aliphatic rings. The van der Waals surface area contributed by atoms with Gasteiger partial charge in [0.2, 0.25) is 10.0 Å². The molecule has 0 spiro atoms. The monoisotopic (exact) mass is 506 g/mol. The Labute approximate surface area is 203 Å². The molecule has 0 unspecified atom stereocenters. The van der Waals surface area contributed by atoms with Gasteiger partial charge in [-0.2, -0.15) is 4.31 Å². The van der Waals surface area contributed by atoms with E-state index in [0.29, 0.717) is 34.6 Å². The number of carboxylic acid groups (broad SMARTS) is 1. The van der Waals surface area contributed by atoms with E-state index < -0.39 is 16.0 Å².